The van der Waals surface area contributed by atoms with Gasteiger partial charge >= 0.3 is 0 Å². The van der Waals surface area contributed by atoms with Gasteiger partial charge in [-0.05, 0) is 36.9 Å². The van der Waals surface area contributed by atoms with Crippen LogP contribution in [-0.2, 0) is 6.54 Å². The van der Waals surface area contributed by atoms with E-state index in [0.717, 1.165) is 27.1 Å². The third kappa shape index (κ3) is 3.39. The minimum atomic E-state index is 0.651. The number of nitrogens with one attached hydrogen (secondary N) is 1. The largest absolute Gasteiger partial charge is 0.316 e. The molecule has 1 aromatic carbocycles. The number of aromatic nitrogens is 1. The summed E-state index contributed by atoms with van der Waals surface area (Å²) in [6.07, 6.45) is 1.73. The molecule has 5 heteroatoms. The fourth-order valence-corrected chi connectivity index (χ4v) is 2.85. The average Bonchev–Trinajstić information content (AvgIpc) is 2.36. The molecule has 0 unspecified atom stereocenters. The number of nitrogens with zero attached hydrogens (tertiary/aromatic N) is 1. The van der Waals surface area contributed by atoms with Crippen molar-refractivity contribution < 1.29 is 0 Å². The molecule has 0 spiro atoms. The lowest BCUT2D eigenvalue weighted by atomic mass is 10.2. The van der Waals surface area contributed by atoms with Crippen molar-refractivity contribution in [2.24, 2.45) is 0 Å². The van der Waals surface area contributed by atoms with Gasteiger partial charge < -0.3 is 5.32 Å². The minimum Gasteiger partial charge on any atom is -0.316 e. The number of hydrogen-bond donors (Lipinski definition) is 1. The van der Waals surface area contributed by atoms with Crippen LogP contribution in [0, 0.1) is 0 Å². The SMILES string of the molecule is CNCc1ccc(Sc2ncccc2Cl)cc1Cl. The summed E-state index contributed by atoms with van der Waals surface area (Å²) in [7, 11) is 1.90. The van der Waals surface area contributed by atoms with Crippen LogP contribution in [-0.4, -0.2) is 12.0 Å². The molecule has 0 aliphatic heterocycles. The van der Waals surface area contributed by atoms with E-state index in [-0.39, 0.29) is 0 Å². The molecule has 0 bridgehead atoms. The summed E-state index contributed by atoms with van der Waals surface area (Å²) in [6.45, 7) is 0.758. The second-order valence-electron chi connectivity index (χ2n) is 3.68. The first-order chi connectivity index (χ1) is 8.70. The molecule has 18 heavy (non-hydrogen) atoms. The maximum absolute atomic E-state index is 6.21. The Bertz CT molecular complexity index is 546. The lowest BCUT2D eigenvalue weighted by molar-refractivity contribution is 0.817. The molecule has 0 atom stereocenters. The Hall–Kier alpha value is -0.740. The lowest BCUT2D eigenvalue weighted by Gasteiger charge is -2.07. The summed E-state index contributed by atoms with van der Waals surface area (Å²) in [5, 5.41) is 5.27. The standard InChI is InChI=1S/C13H12Cl2N2S/c1-16-8-9-4-5-10(7-12(9)15)18-13-11(14)3-2-6-17-13/h2-7,16H,8H2,1H3. The first-order valence-electron chi connectivity index (χ1n) is 5.42. The normalized spacial score (nSPS) is 10.6. The molecule has 94 valence electrons. The highest BCUT2D eigenvalue weighted by Gasteiger charge is 2.06. The van der Waals surface area contributed by atoms with Gasteiger partial charge in [-0.15, -0.1) is 0 Å². The van der Waals surface area contributed by atoms with E-state index in [1.807, 2.05) is 37.4 Å². The van der Waals surface area contributed by atoms with Crippen LogP contribution in [0.5, 0.6) is 0 Å². The average molecular weight is 299 g/mol. The zero-order valence-electron chi connectivity index (χ0n) is 9.78. The van der Waals surface area contributed by atoms with Crippen molar-refractivity contribution >= 4 is 35.0 Å². The lowest BCUT2D eigenvalue weighted by Crippen LogP contribution is -2.05. The van der Waals surface area contributed by atoms with Crippen LogP contribution >= 0.6 is 35.0 Å². The van der Waals surface area contributed by atoms with Crippen LogP contribution in [0.25, 0.3) is 0 Å². The molecular formula is C13H12Cl2N2S. The van der Waals surface area contributed by atoms with Crippen LogP contribution in [0.4, 0.5) is 0 Å². The van der Waals surface area contributed by atoms with Crippen molar-refractivity contribution in [2.45, 2.75) is 16.5 Å². The molecule has 0 amide bonds. The highest BCUT2D eigenvalue weighted by atomic mass is 35.5. The van der Waals surface area contributed by atoms with Crippen LogP contribution in [0.2, 0.25) is 10.0 Å². The van der Waals surface area contributed by atoms with Crippen molar-refractivity contribution in [1.29, 1.82) is 0 Å². The van der Waals surface area contributed by atoms with E-state index < -0.39 is 0 Å². The number of pyridine rings is 1. The van der Waals surface area contributed by atoms with E-state index in [4.69, 9.17) is 23.2 Å². The van der Waals surface area contributed by atoms with Gasteiger partial charge in [0.1, 0.15) is 5.03 Å². The van der Waals surface area contributed by atoms with Gasteiger partial charge in [0.25, 0.3) is 0 Å². The molecular weight excluding hydrogens is 287 g/mol. The van der Waals surface area contributed by atoms with Gasteiger partial charge in [-0.3, -0.25) is 0 Å². The van der Waals surface area contributed by atoms with E-state index in [0.29, 0.717) is 5.02 Å². The van der Waals surface area contributed by atoms with E-state index in [1.54, 1.807) is 6.20 Å². The van der Waals surface area contributed by atoms with Crippen molar-refractivity contribution in [3.63, 3.8) is 0 Å². The summed E-state index contributed by atoms with van der Waals surface area (Å²) in [5.74, 6) is 0. The number of benzene rings is 1. The first kappa shape index (κ1) is 13.7. The molecule has 1 heterocycles. The Morgan fingerprint density at radius 2 is 2.06 bits per heavy atom. The molecule has 0 saturated carbocycles. The van der Waals surface area contributed by atoms with Crippen LogP contribution in [0.3, 0.4) is 0 Å². The molecule has 0 fully saturated rings. The topological polar surface area (TPSA) is 24.9 Å². The van der Waals surface area contributed by atoms with E-state index >= 15 is 0 Å². The molecule has 2 nitrogen and oxygen atoms in total. The predicted molar refractivity (Wildman–Crippen MR) is 77.6 cm³/mol. The molecule has 1 aromatic heterocycles. The summed E-state index contributed by atoms with van der Waals surface area (Å²) >= 11 is 13.8. The predicted octanol–water partition coefficient (Wildman–Crippen LogP) is 4.26. The van der Waals surface area contributed by atoms with E-state index in [2.05, 4.69) is 10.3 Å². The number of rotatable bonds is 4. The van der Waals surface area contributed by atoms with Crippen LogP contribution in [0.15, 0.2) is 46.5 Å². The molecule has 1 N–H and O–H groups in total. The van der Waals surface area contributed by atoms with Crippen LogP contribution < -0.4 is 5.32 Å². The fraction of sp³-hybridized carbons (Fsp3) is 0.154. The summed E-state index contributed by atoms with van der Waals surface area (Å²) in [5.41, 5.74) is 1.08. The minimum absolute atomic E-state index is 0.651. The number of halogens is 2. The Balaban J connectivity index is 2.20. The number of hydrogen-bond acceptors (Lipinski definition) is 3. The van der Waals surface area contributed by atoms with Crippen molar-refractivity contribution in [3.8, 4) is 0 Å². The third-order valence-corrected chi connectivity index (χ3v) is 4.11. The van der Waals surface area contributed by atoms with Gasteiger partial charge in [0, 0.05) is 22.7 Å². The van der Waals surface area contributed by atoms with Gasteiger partial charge in [-0.1, -0.05) is 41.0 Å². The summed E-state index contributed by atoms with van der Waals surface area (Å²) in [4.78, 5) is 5.27. The third-order valence-electron chi connectivity index (χ3n) is 2.33. The monoisotopic (exact) mass is 298 g/mol. The molecule has 2 aromatic rings. The smallest absolute Gasteiger partial charge is 0.119 e. The van der Waals surface area contributed by atoms with Gasteiger partial charge in [0.2, 0.25) is 0 Å². The van der Waals surface area contributed by atoms with Gasteiger partial charge in [-0.2, -0.15) is 0 Å². The summed E-state index contributed by atoms with van der Waals surface area (Å²) < 4.78 is 0. The van der Waals surface area contributed by atoms with Crippen molar-refractivity contribution in [1.82, 2.24) is 10.3 Å². The summed E-state index contributed by atoms with van der Waals surface area (Å²) in [6, 6.07) is 9.61. The first-order valence-corrected chi connectivity index (χ1v) is 6.99. The fourth-order valence-electron chi connectivity index (χ4n) is 1.48. The van der Waals surface area contributed by atoms with Crippen LogP contribution in [0.1, 0.15) is 5.56 Å². The highest BCUT2D eigenvalue weighted by Crippen LogP contribution is 2.33. The zero-order valence-corrected chi connectivity index (χ0v) is 12.1. The van der Waals surface area contributed by atoms with E-state index in [9.17, 15) is 0 Å². The van der Waals surface area contributed by atoms with E-state index in [1.165, 1.54) is 11.8 Å². The molecule has 0 aliphatic carbocycles. The Morgan fingerprint density at radius 1 is 1.22 bits per heavy atom. The molecule has 0 aliphatic rings. The molecule has 0 radical (unpaired) electrons. The molecule has 2 rings (SSSR count). The van der Waals surface area contributed by atoms with Crippen molar-refractivity contribution in [2.75, 3.05) is 7.05 Å². The van der Waals surface area contributed by atoms with Gasteiger partial charge in [0.15, 0.2) is 0 Å². The maximum Gasteiger partial charge on any atom is 0.119 e. The maximum atomic E-state index is 6.21. The van der Waals surface area contributed by atoms with Gasteiger partial charge in [-0.25, -0.2) is 4.98 Å². The molecule has 0 saturated heterocycles. The van der Waals surface area contributed by atoms with Crippen molar-refractivity contribution in [3.05, 3.63) is 52.1 Å². The second kappa shape index (κ2) is 6.43. The Morgan fingerprint density at radius 3 is 2.72 bits per heavy atom. The zero-order chi connectivity index (χ0) is 13.0. The Labute approximate surface area is 121 Å². The second-order valence-corrected chi connectivity index (χ2v) is 5.55. The quantitative estimate of drug-likeness (QED) is 0.913. The van der Waals surface area contributed by atoms with Gasteiger partial charge in [0.05, 0.1) is 5.02 Å². The Kier molecular flexibility index (Phi) is 4.89. The highest BCUT2D eigenvalue weighted by molar-refractivity contribution is 7.99.